The molecular weight excluding hydrogens is 320 g/mol. The summed E-state index contributed by atoms with van der Waals surface area (Å²) in [6, 6.07) is 11.4. The number of aromatic amines is 1. The minimum Gasteiger partial charge on any atom is -0.322 e. The molecular formula is C20H19ClN2O. The van der Waals surface area contributed by atoms with Crippen LogP contribution >= 0.6 is 11.6 Å². The fraction of sp³-hybridized carbons (Fsp3) is 0.200. The molecule has 3 aromatic rings. The van der Waals surface area contributed by atoms with Gasteiger partial charge in [-0.15, -0.1) is 0 Å². The number of pyridine rings is 2. The molecule has 0 radical (unpaired) electrons. The molecule has 1 aliphatic carbocycles. The summed E-state index contributed by atoms with van der Waals surface area (Å²) in [5.41, 5.74) is 6.96. The predicted molar refractivity (Wildman–Crippen MR) is 99.6 cm³/mol. The van der Waals surface area contributed by atoms with E-state index in [2.05, 4.69) is 9.97 Å². The van der Waals surface area contributed by atoms with Crippen LogP contribution in [0.2, 0.25) is 5.02 Å². The molecule has 2 heterocycles. The first-order valence-corrected chi connectivity index (χ1v) is 8.47. The van der Waals surface area contributed by atoms with Crippen molar-refractivity contribution in [2.24, 2.45) is 0 Å². The monoisotopic (exact) mass is 338 g/mol. The maximum atomic E-state index is 12.1. The first-order chi connectivity index (χ1) is 11.6. The van der Waals surface area contributed by atoms with Gasteiger partial charge in [0.2, 0.25) is 5.56 Å². The lowest BCUT2D eigenvalue weighted by atomic mass is 10.0. The van der Waals surface area contributed by atoms with E-state index in [0.717, 1.165) is 40.1 Å². The lowest BCUT2D eigenvalue weighted by Crippen LogP contribution is -2.07. The van der Waals surface area contributed by atoms with Gasteiger partial charge < -0.3 is 4.98 Å². The molecule has 0 spiro atoms. The van der Waals surface area contributed by atoms with Gasteiger partial charge in [-0.2, -0.15) is 0 Å². The van der Waals surface area contributed by atoms with E-state index in [1.165, 1.54) is 5.56 Å². The van der Waals surface area contributed by atoms with Crippen LogP contribution in [0.3, 0.4) is 0 Å². The number of hydrogen-bond acceptors (Lipinski definition) is 2. The lowest BCUT2D eigenvalue weighted by Gasteiger charge is -2.08. The molecule has 0 bridgehead atoms. The fourth-order valence-corrected chi connectivity index (χ4v) is 3.18. The first-order valence-electron chi connectivity index (χ1n) is 8.10. The Balaban J connectivity index is 0.000000815. The highest BCUT2D eigenvalue weighted by Gasteiger charge is 2.23. The highest BCUT2D eigenvalue weighted by atomic mass is 35.5. The average molecular weight is 339 g/mol. The molecule has 0 saturated heterocycles. The molecule has 1 aromatic carbocycles. The van der Waals surface area contributed by atoms with Gasteiger partial charge >= 0.3 is 0 Å². The van der Waals surface area contributed by atoms with Gasteiger partial charge in [0.15, 0.2) is 0 Å². The zero-order valence-corrected chi connectivity index (χ0v) is 14.7. The molecule has 24 heavy (non-hydrogen) atoms. The van der Waals surface area contributed by atoms with Gasteiger partial charge in [-0.25, -0.2) is 0 Å². The second-order valence-corrected chi connectivity index (χ2v) is 6.00. The number of halogens is 1. The Morgan fingerprint density at radius 2 is 1.88 bits per heavy atom. The third-order valence-corrected chi connectivity index (χ3v) is 4.32. The number of nitrogens with one attached hydrogen (secondary N) is 1. The number of hydrogen-bond donors (Lipinski definition) is 1. The van der Waals surface area contributed by atoms with Gasteiger partial charge in [0, 0.05) is 40.5 Å². The topological polar surface area (TPSA) is 45.8 Å². The summed E-state index contributed by atoms with van der Waals surface area (Å²) < 4.78 is 0. The minimum atomic E-state index is -0.109. The highest BCUT2D eigenvalue weighted by molar-refractivity contribution is 6.31. The Morgan fingerprint density at radius 1 is 1.08 bits per heavy atom. The van der Waals surface area contributed by atoms with E-state index in [1.54, 1.807) is 6.07 Å². The number of aryl methyl sites for hydroxylation is 1. The SMILES string of the molecule is CC.Cc1ccc(-c2cc(=O)[nH]c3c2Cc2ccc(Cl)cc2-3)cn1. The molecule has 0 unspecified atom stereocenters. The highest BCUT2D eigenvalue weighted by Crippen LogP contribution is 2.40. The van der Waals surface area contributed by atoms with Crippen molar-refractivity contribution in [2.75, 3.05) is 0 Å². The Kier molecular flexibility index (Phi) is 4.54. The molecule has 4 heteroatoms. The maximum absolute atomic E-state index is 12.1. The Bertz CT molecular complexity index is 943. The summed E-state index contributed by atoms with van der Waals surface area (Å²) >= 11 is 6.10. The normalized spacial score (nSPS) is 11.3. The first kappa shape index (κ1) is 16.5. The standard InChI is InChI=1S/C18H13ClN2O.C2H6/c1-10-2-3-12(9-20-10)14-8-17(22)21-18-15-7-13(19)5-4-11(15)6-16(14)18;1-2/h2-5,7-9H,6H2,1H3,(H,21,22);1-2H3. The van der Waals surface area contributed by atoms with Gasteiger partial charge in [-0.05, 0) is 41.8 Å². The second-order valence-electron chi connectivity index (χ2n) is 5.57. The van der Waals surface area contributed by atoms with Gasteiger partial charge in [-0.1, -0.05) is 37.6 Å². The van der Waals surface area contributed by atoms with E-state index in [9.17, 15) is 4.79 Å². The zero-order valence-electron chi connectivity index (χ0n) is 14.0. The van der Waals surface area contributed by atoms with Gasteiger partial charge in [0.05, 0.1) is 5.69 Å². The summed E-state index contributed by atoms with van der Waals surface area (Å²) in [6.07, 6.45) is 2.61. The molecule has 0 amide bonds. The van der Waals surface area contributed by atoms with Crippen molar-refractivity contribution in [2.45, 2.75) is 27.2 Å². The minimum absolute atomic E-state index is 0.109. The Hall–Kier alpha value is -2.39. The van der Waals surface area contributed by atoms with Crippen LogP contribution in [-0.2, 0) is 6.42 Å². The van der Waals surface area contributed by atoms with Crippen molar-refractivity contribution in [1.82, 2.24) is 9.97 Å². The molecule has 2 aromatic heterocycles. The van der Waals surface area contributed by atoms with Crippen molar-refractivity contribution in [3.05, 3.63) is 74.8 Å². The van der Waals surface area contributed by atoms with Crippen LogP contribution in [0.5, 0.6) is 0 Å². The third-order valence-electron chi connectivity index (χ3n) is 4.08. The number of aromatic nitrogens is 2. The number of rotatable bonds is 1. The number of nitrogens with zero attached hydrogens (tertiary/aromatic N) is 1. The van der Waals surface area contributed by atoms with Crippen LogP contribution in [-0.4, -0.2) is 9.97 Å². The van der Waals surface area contributed by atoms with Gasteiger partial charge in [0.1, 0.15) is 0 Å². The van der Waals surface area contributed by atoms with Crippen molar-refractivity contribution in [3.63, 3.8) is 0 Å². The van der Waals surface area contributed by atoms with Crippen molar-refractivity contribution in [3.8, 4) is 22.4 Å². The van der Waals surface area contributed by atoms with E-state index in [4.69, 9.17) is 11.6 Å². The summed E-state index contributed by atoms with van der Waals surface area (Å²) in [6.45, 7) is 5.95. The average Bonchev–Trinajstić information content (AvgIpc) is 2.95. The molecule has 3 nitrogen and oxygen atoms in total. The fourth-order valence-electron chi connectivity index (χ4n) is 3.01. The number of H-pyrrole nitrogens is 1. The predicted octanol–water partition coefficient (Wildman–Crippen LogP) is 5.00. The summed E-state index contributed by atoms with van der Waals surface area (Å²) in [4.78, 5) is 19.4. The van der Waals surface area contributed by atoms with E-state index >= 15 is 0 Å². The van der Waals surface area contributed by atoms with E-state index in [1.807, 2.05) is 57.3 Å². The van der Waals surface area contributed by atoms with E-state index in [0.29, 0.717) is 5.02 Å². The van der Waals surface area contributed by atoms with Crippen LogP contribution in [0.1, 0.15) is 30.7 Å². The molecule has 0 atom stereocenters. The van der Waals surface area contributed by atoms with Crippen LogP contribution in [0.25, 0.3) is 22.4 Å². The van der Waals surface area contributed by atoms with E-state index < -0.39 is 0 Å². The second kappa shape index (κ2) is 6.62. The van der Waals surface area contributed by atoms with Gasteiger partial charge in [-0.3, -0.25) is 9.78 Å². The summed E-state index contributed by atoms with van der Waals surface area (Å²) in [5.74, 6) is 0. The van der Waals surface area contributed by atoms with Gasteiger partial charge in [0.25, 0.3) is 0 Å². The molecule has 1 N–H and O–H groups in total. The van der Waals surface area contributed by atoms with Crippen molar-refractivity contribution >= 4 is 11.6 Å². The number of fused-ring (bicyclic) bond motifs is 3. The molecule has 122 valence electrons. The van der Waals surface area contributed by atoms with Crippen molar-refractivity contribution in [1.29, 1.82) is 0 Å². The molecule has 4 rings (SSSR count). The Morgan fingerprint density at radius 3 is 2.58 bits per heavy atom. The lowest BCUT2D eigenvalue weighted by molar-refractivity contribution is 1.17. The Labute approximate surface area is 146 Å². The van der Waals surface area contributed by atoms with Crippen LogP contribution in [0.4, 0.5) is 0 Å². The van der Waals surface area contributed by atoms with E-state index in [-0.39, 0.29) is 5.56 Å². The van der Waals surface area contributed by atoms with Crippen LogP contribution in [0.15, 0.2) is 47.4 Å². The summed E-state index contributed by atoms with van der Waals surface area (Å²) in [7, 11) is 0. The molecule has 1 aliphatic rings. The number of benzene rings is 1. The quantitative estimate of drug-likeness (QED) is 0.531. The molecule has 0 fully saturated rings. The van der Waals surface area contributed by atoms with Crippen molar-refractivity contribution < 1.29 is 0 Å². The third kappa shape index (κ3) is 2.87. The summed E-state index contributed by atoms with van der Waals surface area (Å²) in [5, 5.41) is 0.676. The zero-order chi connectivity index (χ0) is 17.3. The largest absolute Gasteiger partial charge is 0.322 e. The van der Waals surface area contributed by atoms with Crippen LogP contribution in [0, 0.1) is 6.92 Å². The molecule has 0 aliphatic heterocycles. The maximum Gasteiger partial charge on any atom is 0.249 e. The molecule has 0 saturated carbocycles. The smallest absolute Gasteiger partial charge is 0.249 e. The van der Waals surface area contributed by atoms with Crippen LogP contribution < -0.4 is 5.56 Å².